The summed E-state index contributed by atoms with van der Waals surface area (Å²) in [4.78, 5) is 32.3. The van der Waals surface area contributed by atoms with E-state index in [0.29, 0.717) is 23.7 Å². The molecule has 4 aromatic rings. The van der Waals surface area contributed by atoms with Crippen molar-refractivity contribution in [2.45, 2.75) is 49.7 Å². The van der Waals surface area contributed by atoms with E-state index in [1.165, 1.54) is 0 Å². The molecule has 1 saturated carbocycles. The second kappa shape index (κ2) is 14.1. The zero-order valence-corrected chi connectivity index (χ0v) is 27.2. The van der Waals surface area contributed by atoms with E-state index in [9.17, 15) is 18.0 Å². The number of methoxy groups -OCH3 is 1. The van der Waals surface area contributed by atoms with Gasteiger partial charge < -0.3 is 20.1 Å². The van der Waals surface area contributed by atoms with Gasteiger partial charge in [0, 0.05) is 32.7 Å². The quantitative estimate of drug-likeness (QED) is 0.226. The Morgan fingerprint density at radius 2 is 1.70 bits per heavy atom. The number of fused-ring (bicyclic) bond motifs is 1. The fraction of sp³-hybridized carbons (Fsp3) is 0.412. The van der Waals surface area contributed by atoms with Crippen molar-refractivity contribution in [3.8, 4) is 5.69 Å². The highest BCUT2D eigenvalue weighted by Gasteiger charge is 2.34. The standard InChI is InChI=1S/C34H40N6O6S/c1-45-21-24-15-17-39(18-16-24)29-20-28(33(41)38-47(43,44)27(22-46-34(35)42)19-23-9-4-2-5-10-23)36-32-30(29)31(25-11-8-12-25)37-40(32)26-13-6-3-7-14-26/h2-7,9-10,13-14,20,24-25,27H,8,11-12,15-19,21-22H2,1H3,(H2,35,42)(H,38,41). The van der Waals surface area contributed by atoms with Gasteiger partial charge >= 0.3 is 6.09 Å². The van der Waals surface area contributed by atoms with Crippen LogP contribution in [-0.2, 0) is 25.9 Å². The monoisotopic (exact) mass is 660 g/mol. The number of carbonyl (C=O) groups excluding carboxylic acids is 2. The number of nitrogens with two attached hydrogens (primary N) is 1. The first-order valence-corrected chi connectivity index (χ1v) is 17.5. The van der Waals surface area contributed by atoms with Crippen LogP contribution >= 0.6 is 0 Å². The molecular formula is C34H40N6O6S. The van der Waals surface area contributed by atoms with Crippen LogP contribution in [-0.4, -0.2) is 73.8 Å². The number of nitrogens with one attached hydrogen (secondary N) is 1. The number of carbonyl (C=O) groups is 2. The predicted molar refractivity (Wildman–Crippen MR) is 178 cm³/mol. The molecule has 3 N–H and O–H groups in total. The van der Waals surface area contributed by atoms with Gasteiger partial charge in [0.25, 0.3) is 5.91 Å². The van der Waals surface area contributed by atoms with Gasteiger partial charge in [-0.3, -0.25) is 4.79 Å². The highest BCUT2D eigenvalue weighted by molar-refractivity contribution is 7.90. The van der Waals surface area contributed by atoms with Gasteiger partial charge in [0.2, 0.25) is 10.0 Å². The Labute approximate surface area is 274 Å². The molecule has 1 aliphatic heterocycles. The third kappa shape index (κ3) is 7.25. The Morgan fingerprint density at radius 3 is 2.32 bits per heavy atom. The topological polar surface area (TPSA) is 159 Å². The number of hydrogen-bond donors (Lipinski definition) is 2. The van der Waals surface area contributed by atoms with Crippen LogP contribution in [0.3, 0.4) is 0 Å². The van der Waals surface area contributed by atoms with Crippen molar-refractivity contribution in [1.82, 2.24) is 19.5 Å². The van der Waals surface area contributed by atoms with E-state index in [-0.39, 0.29) is 18.0 Å². The van der Waals surface area contributed by atoms with Gasteiger partial charge in [0.05, 0.1) is 22.5 Å². The molecule has 0 radical (unpaired) electrons. The Morgan fingerprint density at radius 1 is 1.02 bits per heavy atom. The summed E-state index contributed by atoms with van der Waals surface area (Å²) in [5.74, 6) is -0.174. The number of sulfonamides is 1. The van der Waals surface area contributed by atoms with Crippen molar-refractivity contribution in [3.63, 3.8) is 0 Å². The Hall–Kier alpha value is -4.49. The molecule has 47 heavy (non-hydrogen) atoms. The van der Waals surface area contributed by atoms with Crippen molar-refractivity contribution in [2.75, 3.05) is 38.3 Å². The van der Waals surface area contributed by atoms with Gasteiger partial charge in [0.1, 0.15) is 17.6 Å². The molecule has 2 aliphatic rings. The lowest BCUT2D eigenvalue weighted by Gasteiger charge is -2.34. The van der Waals surface area contributed by atoms with Crippen LogP contribution in [0.5, 0.6) is 0 Å². The molecule has 2 amide bonds. The highest BCUT2D eigenvalue weighted by atomic mass is 32.2. The SMILES string of the molecule is COCC1CCN(c2cc(C(=O)NS(=O)(=O)C(COC(N)=O)Cc3ccccc3)nc3c2c(C2CCC2)nn3-c2ccccc2)CC1. The zero-order chi connectivity index (χ0) is 33.0. The minimum Gasteiger partial charge on any atom is -0.448 e. The van der Waals surface area contributed by atoms with E-state index >= 15 is 0 Å². The average molecular weight is 661 g/mol. The number of amides is 2. The summed E-state index contributed by atoms with van der Waals surface area (Å²) in [6, 6.07) is 20.2. The first-order chi connectivity index (χ1) is 22.7. The van der Waals surface area contributed by atoms with E-state index in [1.54, 1.807) is 42.1 Å². The van der Waals surface area contributed by atoms with Crippen LogP contribution in [0.4, 0.5) is 10.5 Å². The fourth-order valence-electron chi connectivity index (χ4n) is 6.36. The molecule has 3 heterocycles. The fourth-order valence-corrected chi connectivity index (χ4v) is 7.55. The molecular weight excluding hydrogens is 620 g/mol. The molecule has 2 fully saturated rings. The second-order valence-electron chi connectivity index (χ2n) is 12.3. The molecule has 2 aromatic heterocycles. The normalized spacial score (nSPS) is 16.5. The number of rotatable bonds is 12. The van der Waals surface area contributed by atoms with Crippen molar-refractivity contribution in [1.29, 1.82) is 0 Å². The lowest BCUT2D eigenvalue weighted by Crippen LogP contribution is -2.42. The van der Waals surface area contributed by atoms with Crippen LogP contribution in [0.1, 0.15) is 59.8 Å². The second-order valence-corrected chi connectivity index (χ2v) is 14.3. The molecule has 1 aliphatic carbocycles. The molecule has 1 saturated heterocycles. The largest absolute Gasteiger partial charge is 0.448 e. The van der Waals surface area contributed by atoms with Crippen LogP contribution in [0, 0.1) is 5.92 Å². The number of para-hydroxylation sites is 1. The number of nitrogens with zero attached hydrogens (tertiary/aromatic N) is 4. The van der Waals surface area contributed by atoms with Crippen LogP contribution in [0.2, 0.25) is 0 Å². The first-order valence-electron chi connectivity index (χ1n) is 16.0. The number of anilines is 1. The summed E-state index contributed by atoms with van der Waals surface area (Å²) < 4.78 is 41.6. The Bertz CT molecular complexity index is 1820. The number of benzene rings is 2. The van der Waals surface area contributed by atoms with E-state index in [1.807, 2.05) is 36.4 Å². The molecule has 12 nitrogen and oxygen atoms in total. The molecule has 1 unspecified atom stereocenters. The summed E-state index contributed by atoms with van der Waals surface area (Å²) in [7, 11) is -2.64. The maximum Gasteiger partial charge on any atom is 0.404 e. The third-order valence-corrected chi connectivity index (χ3v) is 10.8. The summed E-state index contributed by atoms with van der Waals surface area (Å²) in [5, 5.41) is 4.68. The average Bonchev–Trinajstić information content (AvgIpc) is 3.42. The summed E-state index contributed by atoms with van der Waals surface area (Å²) in [6.07, 6.45) is 3.89. The number of ether oxygens (including phenoxy) is 2. The summed E-state index contributed by atoms with van der Waals surface area (Å²) in [6.45, 7) is 1.66. The number of pyridine rings is 1. The maximum atomic E-state index is 13.9. The minimum atomic E-state index is -4.36. The number of hydrogen-bond acceptors (Lipinski definition) is 9. The molecule has 13 heteroatoms. The molecule has 6 rings (SSSR count). The van der Waals surface area contributed by atoms with Gasteiger partial charge in [-0.15, -0.1) is 0 Å². The Balaban J connectivity index is 1.40. The third-order valence-electron chi connectivity index (χ3n) is 9.12. The van der Waals surface area contributed by atoms with E-state index in [0.717, 1.165) is 67.6 Å². The number of primary amides is 1. The molecule has 1 atom stereocenters. The van der Waals surface area contributed by atoms with Crippen LogP contribution < -0.4 is 15.4 Å². The van der Waals surface area contributed by atoms with Crippen molar-refractivity contribution >= 4 is 38.7 Å². The summed E-state index contributed by atoms with van der Waals surface area (Å²) in [5.41, 5.74) is 8.85. The van der Waals surface area contributed by atoms with Crippen LogP contribution in [0.25, 0.3) is 16.7 Å². The molecule has 0 spiro atoms. The highest BCUT2D eigenvalue weighted by Crippen LogP contribution is 2.43. The maximum absolute atomic E-state index is 13.9. The lowest BCUT2D eigenvalue weighted by atomic mass is 9.82. The van der Waals surface area contributed by atoms with Gasteiger partial charge in [-0.05, 0) is 61.8 Å². The lowest BCUT2D eigenvalue weighted by molar-refractivity contribution is 0.0976. The van der Waals surface area contributed by atoms with E-state index in [4.69, 9.17) is 25.3 Å². The van der Waals surface area contributed by atoms with E-state index in [2.05, 4.69) is 9.62 Å². The zero-order valence-electron chi connectivity index (χ0n) is 26.4. The van der Waals surface area contributed by atoms with Crippen molar-refractivity contribution < 1.29 is 27.5 Å². The van der Waals surface area contributed by atoms with Gasteiger partial charge in [-0.1, -0.05) is 55.0 Å². The summed E-state index contributed by atoms with van der Waals surface area (Å²) >= 11 is 0. The molecule has 248 valence electrons. The molecule has 0 bridgehead atoms. The Kier molecular flexibility index (Phi) is 9.73. The van der Waals surface area contributed by atoms with Crippen LogP contribution in [0.15, 0.2) is 66.7 Å². The number of aromatic nitrogens is 3. The minimum absolute atomic E-state index is 0.00358. The van der Waals surface area contributed by atoms with Gasteiger partial charge in [-0.25, -0.2) is 27.6 Å². The van der Waals surface area contributed by atoms with E-state index < -0.39 is 33.9 Å². The predicted octanol–water partition coefficient (Wildman–Crippen LogP) is 4.32. The first kappa shape index (κ1) is 32.5. The van der Waals surface area contributed by atoms with Crippen molar-refractivity contribution in [3.05, 3.63) is 83.7 Å². The smallest absolute Gasteiger partial charge is 0.404 e. The van der Waals surface area contributed by atoms with Gasteiger partial charge in [0.15, 0.2) is 5.65 Å². The number of piperidine rings is 1. The van der Waals surface area contributed by atoms with Crippen molar-refractivity contribution in [2.24, 2.45) is 11.7 Å². The molecule has 2 aromatic carbocycles. The van der Waals surface area contributed by atoms with Gasteiger partial charge in [-0.2, -0.15) is 5.10 Å².